The summed E-state index contributed by atoms with van der Waals surface area (Å²) in [6.45, 7) is 14.9. The first kappa shape index (κ1) is 62.6. The maximum absolute atomic E-state index is 13.7. The quantitative estimate of drug-likeness (QED) is 0.0764. The van der Waals surface area contributed by atoms with Gasteiger partial charge in [-0.05, 0) is 176 Å². The number of aliphatic imine (C=N–C) groups is 1. The average molecular weight is 1190 g/mol. The number of rotatable bonds is 18. The Labute approximate surface area is 505 Å². The number of carbonyl (C=O) groups is 4. The molecule has 4 aliphatic heterocycles. The van der Waals surface area contributed by atoms with Gasteiger partial charge in [0.2, 0.25) is 11.8 Å². The molecule has 4 heterocycles. The fourth-order valence-corrected chi connectivity index (χ4v) is 12.2. The van der Waals surface area contributed by atoms with Crippen LogP contribution in [0, 0.1) is 13.8 Å². The summed E-state index contributed by atoms with van der Waals surface area (Å²) in [6, 6.07) is 35.7. The molecule has 0 saturated carbocycles. The van der Waals surface area contributed by atoms with E-state index in [1.54, 1.807) is 6.07 Å². The number of hydrogen-bond acceptors (Lipinski definition) is 10. The molecule has 0 aliphatic carbocycles. The van der Waals surface area contributed by atoms with E-state index in [0.29, 0.717) is 54.1 Å². The summed E-state index contributed by atoms with van der Waals surface area (Å²) >= 11 is 10.9. The third-order valence-corrected chi connectivity index (χ3v) is 22.6. The molecule has 12 nitrogen and oxygen atoms in total. The normalized spacial score (nSPS) is 16.5. The van der Waals surface area contributed by atoms with E-state index >= 15 is 0 Å². The van der Waals surface area contributed by atoms with Crippen molar-refractivity contribution in [2.24, 2.45) is 4.99 Å². The molecule has 0 fully saturated rings. The first-order valence-electron chi connectivity index (χ1n) is 28.2. The highest BCUT2D eigenvalue weighted by atomic mass is 32.8. The van der Waals surface area contributed by atoms with Crippen molar-refractivity contribution in [2.75, 3.05) is 32.9 Å². The number of aliphatic hydroxyl groups is 1. The van der Waals surface area contributed by atoms with Crippen LogP contribution in [-0.4, -0.2) is 69.0 Å². The molecule has 0 radical (unpaired) electrons. The van der Waals surface area contributed by atoms with E-state index in [-0.39, 0.29) is 84.8 Å². The van der Waals surface area contributed by atoms with Crippen LogP contribution >= 0.6 is 0 Å². The Bertz CT molecular complexity index is 3540. The van der Waals surface area contributed by atoms with E-state index in [2.05, 4.69) is 63.5 Å². The summed E-state index contributed by atoms with van der Waals surface area (Å²) in [6.07, 6.45) is 12.4. The Morgan fingerprint density at radius 2 is 1.16 bits per heavy atom. The number of nitrogens with zero attached hydrogens (tertiary/aromatic N) is 3. The molecule has 0 aromatic heterocycles. The van der Waals surface area contributed by atoms with Gasteiger partial charge in [0.25, 0.3) is 11.8 Å². The maximum Gasteiger partial charge on any atom is 0.261 e. The zero-order valence-corrected chi connectivity index (χ0v) is 51.7. The monoisotopic (exact) mass is 1190 g/mol. The minimum atomic E-state index is -0.202. The average Bonchev–Trinajstić information content (AvgIpc) is 4.03. The van der Waals surface area contributed by atoms with Crippen LogP contribution in [0.1, 0.15) is 145 Å². The summed E-state index contributed by atoms with van der Waals surface area (Å²) < 4.78 is 12.4. The highest BCUT2D eigenvalue weighted by Crippen LogP contribution is 2.41. The van der Waals surface area contributed by atoms with Crippen LogP contribution in [0.25, 0.3) is 0 Å². The molecule has 4 aliphatic rings. The number of amides is 4. The second-order valence-electron chi connectivity index (χ2n) is 23.2. The Morgan fingerprint density at radius 1 is 0.663 bits per heavy atom. The minimum absolute atomic E-state index is 0. The molecule has 16 heteroatoms. The van der Waals surface area contributed by atoms with Crippen molar-refractivity contribution in [1.82, 2.24) is 0 Å². The standard InChI is InChI=1S/C33H37N3O3S2.C33H38N2O4S2.CH4/c1-6-22-14-23(16-25(15-22)35-31(37)11-12-33(3,4)41(5)40)20-39-30-18-28-27(13-21(30)2)32(38)36-26(19-34-28)17-24-9-7-8-10-29(24)36;1-21-13-28-24(9-10-27-17-25-7-5-6-8-29(25)35(27)32(28)38)18-30(21)39-20-23-14-22(19-36)15-26(16-23)34-31(37)11-12-33(2,3)41(4)40;/h7-10,13-16,18-19,26H,6,11-12,17,20H2,1-5H3,(H,35,37);5-8,13-16,18,27,36H,9-12,17,19-20H2,1-4H3,(H,34,37);1H4/t26-,41?;27-,41?;/m01./s1. The van der Waals surface area contributed by atoms with Gasteiger partial charge in [0, 0.05) is 75.4 Å². The zero-order valence-electron chi connectivity index (χ0n) is 48.5. The van der Waals surface area contributed by atoms with Gasteiger partial charge < -0.3 is 30.1 Å². The number of aliphatic hydroxyl groups excluding tert-OH is 1. The Kier molecular flexibility index (Phi) is 20.1. The number of hydrogen-bond donors (Lipinski definition) is 3. The van der Waals surface area contributed by atoms with E-state index in [0.717, 1.165) is 106 Å². The van der Waals surface area contributed by atoms with Crippen LogP contribution in [0.4, 0.5) is 28.4 Å². The molecule has 6 aromatic carbocycles. The van der Waals surface area contributed by atoms with Crippen molar-refractivity contribution < 1.29 is 33.8 Å². The first-order valence-corrected chi connectivity index (χ1v) is 33.3. The van der Waals surface area contributed by atoms with Gasteiger partial charge in [-0.2, -0.15) is 0 Å². The topological polar surface area (TPSA) is 150 Å². The van der Waals surface area contributed by atoms with Gasteiger partial charge in [-0.1, -0.05) is 107 Å². The second kappa shape index (κ2) is 26.7. The minimum Gasteiger partial charge on any atom is -0.489 e. The molecule has 4 amide bonds. The lowest BCUT2D eigenvalue weighted by atomic mass is 9.98. The van der Waals surface area contributed by atoms with Crippen LogP contribution in [0.5, 0.6) is 11.5 Å². The fourth-order valence-electron chi connectivity index (χ4n) is 10.9. The molecule has 438 valence electrons. The number of fused-ring (bicyclic) bond motifs is 8. The van der Waals surface area contributed by atoms with Gasteiger partial charge in [-0.25, -0.2) is 0 Å². The van der Waals surface area contributed by atoms with Crippen molar-refractivity contribution >= 4 is 99.6 Å². The number of anilines is 4. The lowest BCUT2D eigenvalue weighted by Crippen LogP contribution is -2.37. The van der Waals surface area contributed by atoms with Crippen molar-refractivity contribution in [3.05, 3.63) is 170 Å². The lowest BCUT2D eigenvalue weighted by molar-refractivity contribution is -0.117. The van der Waals surface area contributed by atoms with E-state index in [4.69, 9.17) is 36.8 Å². The van der Waals surface area contributed by atoms with Crippen molar-refractivity contribution in [1.29, 1.82) is 0 Å². The Hall–Kier alpha value is -6.43. The van der Waals surface area contributed by atoms with E-state index in [1.807, 2.05) is 127 Å². The van der Waals surface area contributed by atoms with Gasteiger partial charge in [0.05, 0.1) is 23.9 Å². The van der Waals surface area contributed by atoms with Crippen LogP contribution in [0.15, 0.2) is 114 Å². The third kappa shape index (κ3) is 14.6. The lowest BCUT2D eigenvalue weighted by Gasteiger charge is -2.24. The molecule has 6 aromatic rings. The number of para-hydroxylation sites is 2. The number of aryl methyl sites for hydroxylation is 4. The van der Waals surface area contributed by atoms with Crippen LogP contribution in [-0.2, 0) is 96.4 Å². The van der Waals surface area contributed by atoms with Crippen molar-refractivity contribution in [3.8, 4) is 11.5 Å². The third-order valence-electron chi connectivity index (χ3n) is 16.3. The first-order chi connectivity index (χ1) is 39.1. The predicted molar refractivity (Wildman–Crippen MR) is 349 cm³/mol. The molecule has 83 heavy (non-hydrogen) atoms. The van der Waals surface area contributed by atoms with Crippen LogP contribution in [0.3, 0.4) is 0 Å². The van der Waals surface area contributed by atoms with Crippen LogP contribution in [0.2, 0.25) is 0 Å². The molecule has 0 bridgehead atoms. The van der Waals surface area contributed by atoms with Gasteiger partial charge >= 0.3 is 0 Å². The van der Waals surface area contributed by atoms with E-state index in [9.17, 15) is 24.3 Å². The maximum atomic E-state index is 13.7. The zero-order chi connectivity index (χ0) is 58.6. The summed E-state index contributed by atoms with van der Waals surface area (Å²) in [5.41, 5.74) is 14.2. The van der Waals surface area contributed by atoms with Gasteiger partial charge in [-0.15, -0.1) is 18.9 Å². The number of carbonyl (C=O) groups excluding carboxylic acids is 4. The molecule has 4 atom stereocenters. The van der Waals surface area contributed by atoms with Gasteiger partial charge in [0.15, 0.2) is 0 Å². The summed E-state index contributed by atoms with van der Waals surface area (Å²) in [5, 5.41) is 15.9. The molecule has 0 saturated heterocycles. The smallest absolute Gasteiger partial charge is 0.261 e. The fraction of sp³-hybridized carbons (Fsp3) is 0.388. The molecular weight excluding hydrogens is 1120 g/mol. The highest BCUT2D eigenvalue weighted by molar-refractivity contribution is 8.29. The predicted octanol–water partition coefficient (Wildman–Crippen LogP) is 13.1. The van der Waals surface area contributed by atoms with Gasteiger partial charge in [0.1, 0.15) is 24.7 Å². The summed E-state index contributed by atoms with van der Waals surface area (Å²) in [4.78, 5) is 61.3. The number of benzene rings is 6. The summed E-state index contributed by atoms with van der Waals surface area (Å²) in [5.74, 6) is 1.36. The van der Waals surface area contributed by atoms with Crippen LogP contribution < -0.4 is 29.9 Å². The number of nitrogens with one attached hydrogen (secondary N) is 2. The molecule has 0 spiro atoms. The van der Waals surface area contributed by atoms with Crippen molar-refractivity contribution in [2.45, 2.75) is 155 Å². The Balaban J connectivity index is 0.000000214. The van der Waals surface area contributed by atoms with E-state index in [1.165, 1.54) is 5.56 Å². The second-order valence-corrected chi connectivity index (χ2v) is 30.2. The van der Waals surface area contributed by atoms with Crippen molar-refractivity contribution in [3.63, 3.8) is 0 Å². The molecule has 2 unspecified atom stereocenters. The summed E-state index contributed by atoms with van der Waals surface area (Å²) in [7, 11) is -0.380. The van der Waals surface area contributed by atoms with E-state index < -0.39 is 0 Å². The number of ether oxygens (including phenoxy) is 2. The molecule has 10 rings (SSSR count). The highest BCUT2D eigenvalue weighted by Gasteiger charge is 2.38. The Morgan fingerprint density at radius 3 is 1.72 bits per heavy atom. The van der Waals surface area contributed by atoms with Gasteiger partial charge in [-0.3, -0.25) is 29.1 Å². The largest absolute Gasteiger partial charge is 0.489 e. The molecule has 3 N–H and O–H groups in total. The SMILES string of the molecule is C.CCc1cc(COc2cc3c(cc2C)C(=O)N2c4ccccc4C[C@H]2C=N3)cc(NC(=O)CCC(C)(C)S(C)=S)c1.Cc1cc2c(cc1OCc1cc(CO)cc(NC(=O)CCC(C)(C)S(C)=S)c1)CC[C@@H]1Cc3ccccc3N1C2=O. The molecular formula is C67H79N5O7S4.